The number of hydrogen-bond acceptors (Lipinski definition) is 5. The van der Waals surface area contributed by atoms with E-state index in [9.17, 15) is 0 Å². The number of benzene rings is 1. The van der Waals surface area contributed by atoms with Gasteiger partial charge in [-0.2, -0.15) is 0 Å². The van der Waals surface area contributed by atoms with Crippen molar-refractivity contribution in [1.82, 2.24) is 10.3 Å². The smallest absolute Gasteiger partial charge is 0.134 e. The highest BCUT2D eigenvalue weighted by Crippen LogP contribution is 2.25. The van der Waals surface area contributed by atoms with Gasteiger partial charge in [-0.05, 0) is 23.6 Å². The zero-order chi connectivity index (χ0) is 13.8. The average molecular weight is 273 g/mol. The maximum Gasteiger partial charge on any atom is 0.134 e. The molecule has 1 aromatic heterocycles. The zero-order valence-electron chi connectivity index (χ0n) is 11.6. The van der Waals surface area contributed by atoms with Gasteiger partial charge in [0, 0.05) is 31.2 Å². The third-order valence-electron chi connectivity index (χ3n) is 3.47. The Balaban J connectivity index is 1.79. The molecule has 3 rings (SSSR count). The quantitative estimate of drug-likeness (QED) is 0.887. The van der Waals surface area contributed by atoms with Crippen molar-refractivity contribution in [3.8, 4) is 5.75 Å². The third kappa shape index (κ3) is 2.84. The summed E-state index contributed by atoms with van der Waals surface area (Å²) in [6.45, 7) is 3.32. The highest BCUT2D eigenvalue weighted by molar-refractivity contribution is 5.92. The van der Waals surface area contributed by atoms with Gasteiger partial charge in [-0.15, -0.1) is 0 Å². The molecule has 1 unspecified atom stereocenters. The van der Waals surface area contributed by atoms with Gasteiger partial charge >= 0.3 is 0 Å². The number of fused-ring (bicyclic) bond motifs is 1. The second-order valence-corrected chi connectivity index (χ2v) is 4.82. The molecular formula is C15H19N3O2. The molecule has 1 aromatic carbocycles. The van der Waals surface area contributed by atoms with Gasteiger partial charge in [-0.25, -0.2) is 4.98 Å². The van der Waals surface area contributed by atoms with E-state index >= 15 is 0 Å². The number of anilines is 1. The van der Waals surface area contributed by atoms with E-state index in [1.54, 1.807) is 7.11 Å². The van der Waals surface area contributed by atoms with Gasteiger partial charge < -0.3 is 20.1 Å². The third-order valence-corrected chi connectivity index (χ3v) is 3.47. The van der Waals surface area contributed by atoms with Crippen LogP contribution in [0.15, 0.2) is 30.5 Å². The van der Waals surface area contributed by atoms with Crippen LogP contribution in [-0.2, 0) is 4.74 Å². The molecule has 1 atom stereocenters. The number of nitrogens with one attached hydrogen (secondary N) is 2. The summed E-state index contributed by atoms with van der Waals surface area (Å²) in [6, 6.07) is 8.00. The average Bonchev–Trinajstić information content (AvgIpc) is 2.53. The molecule has 1 aliphatic heterocycles. The lowest BCUT2D eigenvalue weighted by Gasteiger charge is -2.24. The fourth-order valence-electron chi connectivity index (χ4n) is 2.38. The van der Waals surface area contributed by atoms with Gasteiger partial charge in [0.2, 0.25) is 0 Å². The molecule has 5 heteroatoms. The van der Waals surface area contributed by atoms with Crippen molar-refractivity contribution in [2.45, 2.75) is 6.10 Å². The van der Waals surface area contributed by atoms with Gasteiger partial charge in [-0.3, -0.25) is 0 Å². The Hall–Kier alpha value is -1.85. The van der Waals surface area contributed by atoms with Crippen LogP contribution in [0.3, 0.4) is 0 Å². The van der Waals surface area contributed by atoms with Gasteiger partial charge in [0.05, 0.1) is 19.8 Å². The molecule has 0 bridgehead atoms. The maximum atomic E-state index is 5.68. The number of hydrogen-bond donors (Lipinski definition) is 2. The van der Waals surface area contributed by atoms with Crippen LogP contribution in [0.1, 0.15) is 0 Å². The van der Waals surface area contributed by atoms with Crippen LogP contribution >= 0.6 is 0 Å². The molecule has 0 saturated carbocycles. The van der Waals surface area contributed by atoms with Crippen LogP contribution in [0.25, 0.3) is 10.8 Å². The van der Waals surface area contributed by atoms with Crippen LogP contribution < -0.4 is 15.4 Å². The maximum absolute atomic E-state index is 5.68. The fraction of sp³-hybridized carbons (Fsp3) is 0.400. The minimum Gasteiger partial charge on any atom is -0.497 e. The Morgan fingerprint density at radius 2 is 2.40 bits per heavy atom. The molecule has 0 spiro atoms. The first-order chi connectivity index (χ1) is 9.86. The normalized spacial score (nSPS) is 18.9. The van der Waals surface area contributed by atoms with Crippen molar-refractivity contribution in [2.75, 3.05) is 38.7 Å². The Morgan fingerprint density at radius 3 is 3.20 bits per heavy atom. The van der Waals surface area contributed by atoms with Crippen molar-refractivity contribution in [1.29, 1.82) is 0 Å². The predicted octanol–water partition coefficient (Wildman–Crippen LogP) is 1.64. The molecule has 1 aliphatic rings. The summed E-state index contributed by atoms with van der Waals surface area (Å²) in [4.78, 5) is 4.42. The second-order valence-electron chi connectivity index (χ2n) is 4.82. The van der Waals surface area contributed by atoms with E-state index in [0.717, 1.165) is 48.6 Å². The van der Waals surface area contributed by atoms with Crippen LogP contribution in [0, 0.1) is 0 Å². The number of morpholine rings is 1. The Kier molecular flexibility index (Phi) is 3.99. The first-order valence-corrected chi connectivity index (χ1v) is 6.86. The molecule has 1 fully saturated rings. The standard InChI is InChI=1S/C15H19N3O2/c1-19-12-3-2-11-4-5-17-15(14(11)8-12)18-10-13-9-16-6-7-20-13/h2-5,8,13,16H,6-7,9-10H2,1H3,(H,17,18). The summed E-state index contributed by atoms with van der Waals surface area (Å²) < 4.78 is 11.0. The summed E-state index contributed by atoms with van der Waals surface area (Å²) in [5.41, 5.74) is 0. The predicted molar refractivity (Wildman–Crippen MR) is 79.4 cm³/mol. The number of methoxy groups -OCH3 is 1. The molecule has 0 radical (unpaired) electrons. The van der Waals surface area contributed by atoms with Crippen molar-refractivity contribution < 1.29 is 9.47 Å². The van der Waals surface area contributed by atoms with Gasteiger partial charge in [0.1, 0.15) is 11.6 Å². The second kappa shape index (κ2) is 6.07. The van der Waals surface area contributed by atoms with Crippen molar-refractivity contribution >= 4 is 16.6 Å². The largest absolute Gasteiger partial charge is 0.497 e. The van der Waals surface area contributed by atoms with E-state index < -0.39 is 0 Å². The van der Waals surface area contributed by atoms with Crippen molar-refractivity contribution in [3.63, 3.8) is 0 Å². The molecule has 2 heterocycles. The number of pyridine rings is 1. The number of aromatic nitrogens is 1. The highest BCUT2D eigenvalue weighted by atomic mass is 16.5. The van der Waals surface area contributed by atoms with E-state index in [0.29, 0.717) is 0 Å². The molecule has 20 heavy (non-hydrogen) atoms. The SMILES string of the molecule is COc1ccc2ccnc(NCC3CNCCO3)c2c1. The van der Waals surface area contributed by atoms with Crippen molar-refractivity contribution in [2.24, 2.45) is 0 Å². The van der Waals surface area contributed by atoms with Gasteiger partial charge in [0.15, 0.2) is 0 Å². The Bertz CT molecular complexity index is 582. The van der Waals surface area contributed by atoms with E-state index in [4.69, 9.17) is 9.47 Å². The first kappa shape index (κ1) is 13.1. The fourth-order valence-corrected chi connectivity index (χ4v) is 2.38. The van der Waals surface area contributed by atoms with Crippen LogP contribution in [0.5, 0.6) is 5.75 Å². The summed E-state index contributed by atoms with van der Waals surface area (Å²) in [6.07, 6.45) is 2.00. The summed E-state index contributed by atoms with van der Waals surface area (Å²) in [5.74, 6) is 1.71. The molecule has 0 aliphatic carbocycles. The van der Waals surface area contributed by atoms with Crippen LogP contribution in [0.2, 0.25) is 0 Å². The minimum atomic E-state index is 0.186. The Morgan fingerprint density at radius 1 is 1.45 bits per heavy atom. The number of nitrogens with zero attached hydrogens (tertiary/aromatic N) is 1. The summed E-state index contributed by atoms with van der Waals surface area (Å²) in [7, 11) is 1.67. The first-order valence-electron chi connectivity index (χ1n) is 6.86. The van der Waals surface area contributed by atoms with Crippen LogP contribution in [0.4, 0.5) is 5.82 Å². The highest BCUT2D eigenvalue weighted by Gasteiger charge is 2.13. The molecule has 1 saturated heterocycles. The van der Waals surface area contributed by atoms with E-state index in [1.807, 2.05) is 30.5 Å². The topological polar surface area (TPSA) is 55.4 Å². The minimum absolute atomic E-state index is 0.186. The van der Waals surface area contributed by atoms with Gasteiger partial charge in [0.25, 0.3) is 0 Å². The Labute approximate surface area is 118 Å². The molecule has 2 aromatic rings. The lowest BCUT2D eigenvalue weighted by molar-refractivity contribution is 0.0372. The molecule has 0 amide bonds. The number of ether oxygens (including phenoxy) is 2. The summed E-state index contributed by atoms with van der Waals surface area (Å²) >= 11 is 0. The molecule has 2 N–H and O–H groups in total. The zero-order valence-corrected chi connectivity index (χ0v) is 11.6. The van der Waals surface area contributed by atoms with E-state index in [1.165, 1.54) is 0 Å². The number of rotatable bonds is 4. The van der Waals surface area contributed by atoms with Gasteiger partial charge in [-0.1, -0.05) is 6.07 Å². The van der Waals surface area contributed by atoms with E-state index in [-0.39, 0.29) is 6.10 Å². The molecule has 5 nitrogen and oxygen atoms in total. The lowest BCUT2D eigenvalue weighted by atomic mass is 10.1. The molecular weight excluding hydrogens is 254 g/mol. The lowest BCUT2D eigenvalue weighted by Crippen LogP contribution is -2.42. The summed E-state index contributed by atoms with van der Waals surface area (Å²) in [5, 5.41) is 8.91. The molecule has 106 valence electrons. The van der Waals surface area contributed by atoms with Crippen LogP contribution in [-0.4, -0.2) is 44.4 Å². The van der Waals surface area contributed by atoms with Crippen molar-refractivity contribution in [3.05, 3.63) is 30.5 Å². The van der Waals surface area contributed by atoms with E-state index in [2.05, 4.69) is 15.6 Å². The monoisotopic (exact) mass is 273 g/mol.